The summed E-state index contributed by atoms with van der Waals surface area (Å²) in [5.41, 5.74) is 2.85. The van der Waals surface area contributed by atoms with Crippen LogP contribution in [0.4, 0.5) is 13.2 Å². The Morgan fingerprint density at radius 3 is 2.65 bits per heavy atom. The molecule has 49 heavy (non-hydrogen) atoms. The van der Waals surface area contributed by atoms with Crippen molar-refractivity contribution in [3.05, 3.63) is 82.6 Å². The number of ether oxygens (including phenoxy) is 1. The molecule has 11 nitrogen and oxygen atoms in total. The molecule has 0 saturated carbocycles. The van der Waals surface area contributed by atoms with Gasteiger partial charge in [0.1, 0.15) is 17.1 Å². The molecule has 256 valence electrons. The van der Waals surface area contributed by atoms with Crippen LogP contribution in [-0.4, -0.2) is 85.5 Å². The second kappa shape index (κ2) is 13.2. The number of H-pyrrole nitrogens is 1. The Hall–Kier alpha value is -4.82. The van der Waals surface area contributed by atoms with Crippen molar-refractivity contribution in [2.45, 2.75) is 51.9 Å². The first-order valence-electron chi connectivity index (χ1n) is 16.4. The summed E-state index contributed by atoms with van der Waals surface area (Å²) in [6.45, 7) is 7.75. The number of carbonyl (C=O) groups is 1. The van der Waals surface area contributed by atoms with E-state index in [-0.39, 0.29) is 36.9 Å². The van der Waals surface area contributed by atoms with Gasteiger partial charge in [0.2, 0.25) is 17.6 Å². The Labute approximate surface area is 281 Å². The summed E-state index contributed by atoms with van der Waals surface area (Å²) in [5, 5.41) is 4.68. The molecule has 7 rings (SSSR count). The summed E-state index contributed by atoms with van der Waals surface area (Å²) in [5.74, 6) is 1.63. The van der Waals surface area contributed by atoms with Gasteiger partial charge in [-0.1, -0.05) is 24.2 Å². The summed E-state index contributed by atoms with van der Waals surface area (Å²) >= 11 is 0. The van der Waals surface area contributed by atoms with E-state index in [1.807, 2.05) is 31.0 Å². The fourth-order valence-corrected chi connectivity index (χ4v) is 6.60. The highest BCUT2D eigenvalue weighted by molar-refractivity contribution is 5.87. The number of benzene rings is 1. The van der Waals surface area contributed by atoms with Gasteiger partial charge in [0.25, 0.3) is 0 Å². The SMILES string of the molecule is CC[C@H]1CN(C(=O)Cc2ccc(CN3CCN(C)CC3)c(C(F)(F)F)c2)Cc2cc(Oc3ccnc4[nH]c(-c5noc(C)n5)cc34)cnc21. The zero-order chi connectivity index (χ0) is 34.3. The minimum Gasteiger partial charge on any atom is -0.455 e. The van der Waals surface area contributed by atoms with E-state index in [0.29, 0.717) is 65.1 Å². The standard InChI is InChI=1S/C35H37F3N8O3/c1-4-23-19-46(31(47)14-22-5-6-24(28(13-22)35(36,37)38)18-45-11-9-44(3)10-12-45)20-25-15-26(17-40-32(23)25)48-30-7-8-39-33-27(30)16-29(42-33)34-41-21(2)49-43-34/h5-8,13,15-17,23H,4,9-12,14,18-20H2,1-3H3,(H,39,42)/t23-/m0/s1. The zero-order valence-corrected chi connectivity index (χ0v) is 27.5. The molecule has 0 bridgehead atoms. The Morgan fingerprint density at radius 1 is 1.10 bits per heavy atom. The number of hydrogen-bond acceptors (Lipinski definition) is 9. The van der Waals surface area contributed by atoms with Crippen molar-refractivity contribution in [3.8, 4) is 23.0 Å². The predicted molar refractivity (Wildman–Crippen MR) is 175 cm³/mol. The van der Waals surface area contributed by atoms with Gasteiger partial charge >= 0.3 is 6.18 Å². The smallest absolute Gasteiger partial charge is 0.416 e. The van der Waals surface area contributed by atoms with E-state index in [4.69, 9.17) is 14.2 Å². The van der Waals surface area contributed by atoms with Crippen LogP contribution in [0.3, 0.4) is 0 Å². The van der Waals surface area contributed by atoms with Crippen LogP contribution in [0, 0.1) is 6.92 Å². The lowest BCUT2D eigenvalue weighted by molar-refractivity contribution is -0.138. The van der Waals surface area contributed by atoms with Crippen LogP contribution in [0.2, 0.25) is 0 Å². The van der Waals surface area contributed by atoms with Gasteiger partial charge in [-0.3, -0.25) is 14.7 Å². The largest absolute Gasteiger partial charge is 0.455 e. The molecule has 1 N–H and O–H groups in total. The molecular weight excluding hydrogens is 637 g/mol. The van der Waals surface area contributed by atoms with Gasteiger partial charge in [-0.25, -0.2) is 4.98 Å². The maximum Gasteiger partial charge on any atom is 0.416 e. The van der Waals surface area contributed by atoms with E-state index in [1.165, 1.54) is 6.07 Å². The number of pyridine rings is 2. The topological polar surface area (TPSA) is 117 Å². The number of aromatic nitrogens is 5. The van der Waals surface area contributed by atoms with Crippen molar-refractivity contribution in [2.75, 3.05) is 39.8 Å². The van der Waals surface area contributed by atoms with Gasteiger partial charge in [-0.2, -0.15) is 18.2 Å². The highest BCUT2D eigenvalue weighted by atomic mass is 19.4. The number of halogens is 3. The number of hydrogen-bond donors (Lipinski definition) is 1. The molecule has 0 spiro atoms. The Balaban J connectivity index is 1.08. The fraction of sp³-hybridized carbons (Fsp3) is 0.400. The maximum absolute atomic E-state index is 14.2. The first-order valence-corrected chi connectivity index (χ1v) is 16.4. The highest BCUT2D eigenvalue weighted by Gasteiger charge is 2.35. The van der Waals surface area contributed by atoms with E-state index >= 15 is 0 Å². The van der Waals surface area contributed by atoms with Gasteiger partial charge in [0.15, 0.2) is 0 Å². The molecule has 2 aliphatic heterocycles. The molecule has 1 saturated heterocycles. The number of nitrogens with zero attached hydrogens (tertiary/aromatic N) is 7. The lowest BCUT2D eigenvalue weighted by Gasteiger charge is -2.34. The van der Waals surface area contributed by atoms with Crippen molar-refractivity contribution < 1.29 is 27.2 Å². The van der Waals surface area contributed by atoms with Crippen LogP contribution >= 0.6 is 0 Å². The average Bonchev–Trinajstić information content (AvgIpc) is 3.72. The third-order valence-electron chi connectivity index (χ3n) is 9.32. The molecule has 5 aromatic rings. The van der Waals surface area contributed by atoms with Gasteiger partial charge in [0.05, 0.1) is 35.0 Å². The van der Waals surface area contributed by atoms with E-state index in [9.17, 15) is 18.0 Å². The highest BCUT2D eigenvalue weighted by Crippen LogP contribution is 2.37. The lowest BCUT2D eigenvalue weighted by atomic mass is 9.92. The molecular formula is C35H37F3N8O3. The summed E-state index contributed by atoms with van der Waals surface area (Å²) in [6.07, 6.45) is -0.603. The van der Waals surface area contributed by atoms with E-state index in [1.54, 1.807) is 36.4 Å². The minimum absolute atomic E-state index is 0.0169. The van der Waals surface area contributed by atoms with Crippen molar-refractivity contribution in [1.82, 2.24) is 39.8 Å². The normalized spacial score (nSPS) is 17.4. The molecule has 0 radical (unpaired) electrons. The third kappa shape index (κ3) is 7.01. The quantitative estimate of drug-likeness (QED) is 0.213. The van der Waals surface area contributed by atoms with Crippen LogP contribution < -0.4 is 4.74 Å². The summed E-state index contributed by atoms with van der Waals surface area (Å²) in [7, 11) is 2.01. The maximum atomic E-state index is 14.2. The van der Waals surface area contributed by atoms with E-state index in [0.717, 1.165) is 36.8 Å². The van der Waals surface area contributed by atoms with Crippen LogP contribution in [0.25, 0.3) is 22.6 Å². The number of carbonyl (C=O) groups excluding carboxylic acids is 1. The first-order chi connectivity index (χ1) is 23.5. The number of likely N-dealkylation sites (N-methyl/N-ethyl adjacent to an activating group) is 1. The summed E-state index contributed by atoms with van der Waals surface area (Å²) in [6, 6.07) is 9.80. The Morgan fingerprint density at radius 2 is 1.92 bits per heavy atom. The number of aromatic amines is 1. The second-order valence-electron chi connectivity index (χ2n) is 12.8. The Kier molecular flexibility index (Phi) is 8.84. The molecule has 6 heterocycles. The van der Waals surface area contributed by atoms with E-state index in [2.05, 4.69) is 25.0 Å². The van der Waals surface area contributed by atoms with Crippen molar-refractivity contribution in [2.24, 2.45) is 0 Å². The van der Waals surface area contributed by atoms with Gasteiger partial charge in [-0.05, 0) is 54.4 Å². The Bertz CT molecular complexity index is 1980. The molecule has 1 fully saturated rings. The molecule has 1 amide bonds. The molecule has 1 atom stereocenters. The van der Waals surface area contributed by atoms with Crippen molar-refractivity contribution >= 4 is 16.9 Å². The molecule has 4 aromatic heterocycles. The van der Waals surface area contributed by atoms with Crippen LogP contribution in [0.5, 0.6) is 11.5 Å². The third-order valence-corrected chi connectivity index (χ3v) is 9.32. The summed E-state index contributed by atoms with van der Waals surface area (Å²) < 4.78 is 54.0. The van der Waals surface area contributed by atoms with Crippen LogP contribution in [-0.2, 0) is 30.5 Å². The fourth-order valence-electron chi connectivity index (χ4n) is 6.60. The number of amides is 1. The van der Waals surface area contributed by atoms with Gasteiger partial charge < -0.3 is 24.0 Å². The zero-order valence-electron chi connectivity index (χ0n) is 27.5. The molecule has 1 aromatic carbocycles. The number of rotatable bonds is 8. The number of alkyl halides is 3. The van der Waals surface area contributed by atoms with Gasteiger partial charge in [0, 0.05) is 64.9 Å². The second-order valence-corrected chi connectivity index (χ2v) is 12.8. The number of fused-ring (bicyclic) bond motifs is 2. The lowest BCUT2D eigenvalue weighted by Crippen LogP contribution is -2.44. The number of aryl methyl sites for hydroxylation is 1. The summed E-state index contributed by atoms with van der Waals surface area (Å²) in [4.78, 5) is 36.1. The van der Waals surface area contributed by atoms with E-state index < -0.39 is 11.7 Å². The molecule has 2 aliphatic rings. The van der Waals surface area contributed by atoms with Crippen molar-refractivity contribution in [1.29, 1.82) is 0 Å². The number of piperazine rings is 1. The first kappa shape index (κ1) is 32.7. The minimum atomic E-state index is -4.52. The monoisotopic (exact) mass is 674 g/mol. The predicted octanol–water partition coefficient (Wildman–Crippen LogP) is 5.95. The molecule has 0 aliphatic carbocycles. The van der Waals surface area contributed by atoms with Crippen molar-refractivity contribution in [3.63, 3.8) is 0 Å². The average molecular weight is 675 g/mol. The van der Waals surface area contributed by atoms with Crippen LogP contribution in [0.15, 0.2) is 53.3 Å². The molecule has 14 heteroatoms. The number of nitrogens with one attached hydrogen (secondary N) is 1. The molecule has 0 unspecified atom stereocenters. The van der Waals surface area contributed by atoms with Crippen LogP contribution in [0.1, 0.15) is 53.1 Å². The van der Waals surface area contributed by atoms with Gasteiger partial charge in [-0.15, -0.1) is 0 Å².